The molecule has 0 amide bonds. The minimum atomic E-state index is -3.36. The molecular weight excluding hydrogens is 191 g/mol. The second kappa shape index (κ2) is 9.44. The molecule has 0 saturated carbocycles. The van der Waals surface area contributed by atoms with Crippen LogP contribution in [-0.4, -0.2) is 18.9 Å². The average molecular weight is 193 g/mol. The first-order valence-electron chi connectivity index (χ1n) is 0.488. The first kappa shape index (κ1) is 15.7. The molecule has 0 aliphatic rings. The van der Waals surface area contributed by atoms with Crippen molar-refractivity contribution in [1.82, 2.24) is 0 Å². The Labute approximate surface area is 61.7 Å². The van der Waals surface area contributed by atoms with Gasteiger partial charge in [0.1, 0.15) is 0 Å². The standard InChI is InChI=1S/FO2S.Li.Ru.2H/c1-4(2)3;;;;/q-1;;;;. The van der Waals surface area contributed by atoms with Crippen LogP contribution >= 0.6 is 0 Å². The third kappa shape index (κ3) is 70.8. The molecular formula is H2FLiO2RuS-. The fraction of sp³-hybridized carbons (Fsp3) is 0. The third-order valence-electron chi connectivity index (χ3n) is 0. The summed E-state index contributed by atoms with van der Waals surface area (Å²) in [5.74, 6) is 0. The van der Waals surface area contributed by atoms with Crippen molar-refractivity contribution in [2.75, 3.05) is 0 Å². The van der Waals surface area contributed by atoms with Gasteiger partial charge in [0.15, 0.2) is 0 Å². The molecule has 1 radical (unpaired) electrons. The average Bonchev–Trinajstić information content (AvgIpc) is 0.811. The van der Waals surface area contributed by atoms with Gasteiger partial charge < -0.3 is 12.3 Å². The van der Waals surface area contributed by atoms with E-state index in [1.54, 1.807) is 0 Å². The van der Waals surface area contributed by atoms with E-state index in [4.69, 9.17) is 8.42 Å². The van der Waals surface area contributed by atoms with Crippen molar-refractivity contribution >= 4 is 30.0 Å². The summed E-state index contributed by atoms with van der Waals surface area (Å²) in [6.45, 7) is 0. The molecule has 0 atom stereocenters. The molecule has 6 heavy (non-hydrogen) atoms. The maximum atomic E-state index is 9.92. The van der Waals surface area contributed by atoms with Crippen molar-refractivity contribution in [3.8, 4) is 0 Å². The summed E-state index contributed by atoms with van der Waals surface area (Å²) >= 11 is -3.36. The zero-order chi connectivity index (χ0) is 3.58. The van der Waals surface area contributed by atoms with Crippen LogP contribution in [0.2, 0.25) is 0 Å². The Morgan fingerprint density at radius 1 is 1.33 bits per heavy atom. The molecule has 0 aromatic heterocycles. The van der Waals surface area contributed by atoms with Crippen LogP contribution in [0.15, 0.2) is 0 Å². The predicted molar refractivity (Wildman–Crippen MR) is 18.4 cm³/mol. The van der Waals surface area contributed by atoms with Gasteiger partial charge in [0.05, 0.1) is 11.1 Å². The molecule has 0 fully saturated rings. The Morgan fingerprint density at radius 2 is 1.33 bits per heavy atom. The van der Waals surface area contributed by atoms with Gasteiger partial charge in [0.2, 0.25) is 0 Å². The number of halogens is 1. The Kier molecular flexibility index (Phi) is 24.7. The fourth-order valence-electron chi connectivity index (χ4n) is 0. The predicted octanol–water partition coefficient (Wildman–Crippen LogP) is -0.738. The molecule has 0 aromatic carbocycles. The molecule has 0 bridgehead atoms. The van der Waals surface area contributed by atoms with Crippen molar-refractivity contribution < 1.29 is 31.8 Å². The Morgan fingerprint density at radius 3 is 1.33 bits per heavy atom. The Balaban J connectivity index is -0.0000000450. The molecule has 0 aliphatic carbocycles. The summed E-state index contributed by atoms with van der Waals surface area (Å²) in [5, 5.41) is 0. The van der Waals surface area contributed by atoms with E-state index in [9.17, 15) is 3.89 Å². The third-order valence-corrected chi connectivity index (χ3v) is 0. The summed E-state index contributed by atoms with van der Waals surface area (Å²) in [6, 6.07) is 0. The van der Waals surface area contributed by atoms with Crippen molar-refractivity contribution in [1.29, 1.82) is 0 Å². The van der Waals surface area contributed by atoms with Crippen LogP contribution in [0.3, 0.4) is 0 Å². The summed E-state index contributed by atoms with van der Waals surface area (Å²) in [6.07, 6.45) is 0. The summed E-state index contributed by atoms with van der Waals surface area (Å²) < 4.78 is 26.6. The zero-order valence-corrected chi connectivity index (χ0v) is 5.83. The van der Waals surface area contributed by atoms with Crippen molar-refractivity contribution in [2.24, 2.45) is 0 Å². The van der Waals surface area contributed by atoms with Crippen LogP contribution < -0.4 is 0 Å². The van der Waals surface area contributed by atoms with Gasteiger partial charge in [-0.15, -0.1) is 0 Å². The number of hydrogen-bond donors (Lipinski definition) is 0. The fourth-order valence-corrected chi connectivity index (χ4v) is 0. The molecule has 6 heteroatoms. The summed E-state index contributed by atoms with van der Waals surface area (Å²) in [7, 11) is 0. The maximum absolute atomic E-state index is 9.92. The van der Waals surface area contributed by atoms with E-state index in [1.807, 2.05) is 0 Å². The van der Waals surface area contributed by atoms with E-state index < -0.39 is 11.1 Å². The molecule has 37 valence electrons. The summed E-state index contributed by atoms with van der Waals surface area (Å²) in [4.78, 5) is 0. The van der Waals surface area contributed by atoms with Crippen molar-refractivity contribution in [3.05, 3.63) is 0 Å². The molecule has 0 N–H and O–H groups in total. The van der Waals surface area contributed by atoms with Gasteiger partial charge in [-0.2, -0.15) is 0 Å². The van der Waals surface area contributed by atoms with Gasteiger partial charge in [0.25, 0.3) is 0 Å². The van der Waals surface area contributed by atoms with E-state index >= 15 is 0 Å². The van der Waals surface area contributed by atoms with E-state index in [2.05, 4.69) is 0 Å². The monoisotopic (exact) mass is 194 g/mol. The molecule has 2 nitrogen and oxygen atoms in total. The normalized spacial score (nSPS) is 5.67. The van der Waals surface area contributed by atoms with E-state index in [-0.39, 0.29) is 38.3 Å². The Bertz CT molecular complexity index is 61.9. The summed E-state index contributed by atoms with van der Waals surface area (Å²) in [5.41, 5.74) is 0. The molecule has 0 heterocycles. The van der Waals surface area contributed by atoms with Gasteiger partial charge in [-0.3, -0.25) is 0 Å². The molecule has 0 aliphatic heterocycles. The first-order chi connectivity index (χ1) is 1.73. The van der Waals surface area contributed by atoms with E-state index in [0.717, 1.165) is 0 Å². The SMILES string of the molecule is O=[S-](=O)F.[Li].[RuH2]. The molecule has 0 unspecified atom stereocenters. The molecule has 0 aromatic rings. The van der Waals surface area contributed by atoms with Crippen molar-refractivity contribution in [2.45, 2.75) is 0 Å². The molecule has 0 spiro atoms. The zero-order valence-electron chi connectivity index (χ0n) is 3.01. The number of rotatable bonds is 0. The van der Waals surface area contributed by atoms with Crippen LogP contribution in [0, 0.1) is 0 Å². The van der Waals surface area contributed by atoms with E-state index in [1.165, 1.54) is 0 Å². The van der Waals surface area contributed by atoms with Crippen LogP contribution in [0.4, 0.5) is 3.89 Å². The second-order valence-electron chi connectivity index (χ2n) is 0.194. The van der Waals surface area contributed by atoms with Gasteiger partial charge in [0, 0.05) is 18.9 Å². The van der Waals surface area contributed by atoms with Gasteiger partial charge in [-0.25, -0.2) is 0 Å². The molecule has 0 saturated heterocycles. The quantitative estimate of drug-likeness (QED) is 0.288. The van der Waals surface area contributed by atoms with Crippen LogP contribution in [0.5, 0.6) is 0 Å². The first-order valence-corrected chi connectivity index (χ1v) is 1.46. The van der Waals surface area contributed by atoms with Crippen LogP contribution in [0.25, 0.3) is 0 Å². The van der Waals surface area contributed by atoms with Crippen LogP contribution in [0.1, 0.15) is 0 Å². The van der Waals surface area contributed by atoms with Crippen LogP contribution in [-0.2, 0) is 39.0 Å². The number of hydrogen-bond acceptors (Lipinski definition) is 3. The van der Waals surface area contributed by atoms with Gasteiger partial charge in [-0.1, -0.05) is 0 Å². The van der Waals surface area contributed by atoms with E-state index in [0.29, 0.717) is 0 Å². The van der Waals surface area contributed by atoms with Gasteiger partial charge >= 0.3 is 19.5 Å². The second-order valence-corrected chi connectivity index (χ2v) is 0.582. The molecule has 0 rings (SSSR count). The van der Waals surface area contributed by atoms with Crippen molar-refractivity contribution in [3.63, 3.8) is 0 Å². The van der Waals surface area contributed by atoms with Gasteiger partial charge in [-0.05, 0) is 0 Å². The Hall–Kier alpha value is 1.10. The minimum absolute atomic E-state index is 0. The topological polar surface area (TPSA) is 34.1 Å².